The van der Waals surface area contributed by atoms with Crippen LogP contribution in [0.25, 0.3) is 0 Å². The fourth-order valence-electron chi connectivity index (χ4n) is 3.20. The molecule has 2 aliphatic rings. The van der Waals surface area contributed by atoms with E-state index in [-0.39, 0.29) is 36.1 Å². The Morgan fingerprint density at radius 2 is 2.08 bits per heavy atom. The molecule has 134 valence electrons. The predicted octanol–water partition coefficient (Wildman–Crippen LogP) is 1.19. The van der Waals surface area contributed by atoms with E-state index in [0.29, 0.717) is 35.5 Å². The monoisotopic (exact) mass is 356 g/mol. The van der Waals surface area contributed by atoms with Gasteiger partial charge in [-0.1, -0.05) is 0 Å². The number of fused-ring (bicyclic) bond motifs is 1. The van der Waals surface area contributed by atoms with Gasteiger partial charge in [-0.05, 0) is 25.8 Å². The van der Waals surface area contributed by atoms with E-state index in [9.17, 15) is 14.0 Å². The fraction of sp³-hybridized carbons (Fsp3) is 0.353. The number of hydrogen-bond donors (Lipinski definition) is 3. The van der Waals surface area contributed by atoms with Gasteiger partial charge in [-0.15, -0.1) is 0 Å². The van der Waals surface area contributed by atoms with E-state index >= 15 is 0 Å². The third-order valence-corrected chi connectivity index (χ3v) is 4.67. The highest BCUT2D eigenvalue weighted by Gasteiger charge is 2.33. The van der Waals surface area contributed by atoms with Crippen molar-refractivity contribution < 1.29 is 14.0 Å². The Balaban J connectivity index is 1.35. The topological polar surface area (TPSA) is 109 Å². The van der Waals surface area contributed by atoms with Gasteiger partial charge in [0.2, 0.25) is 5.91 Å². The second-order valence-corrected chi connectivity index (χ2v) is 6.52. The number of nitrogens with one attached hydrogen (secondary N) is 3. The number of hydrogen-bond acceptors (Lipinski definition) is 6. The Labute approximate surface area is 148 Å². The molecule has 9 heteroatoms. The molecule has 8 nitrogen and oxygen atoms in total. The smallest absolute Gasteiger partial charge is 0.251 e. The van der Waals surface area contributed by atoms with Crippen LogP contribution in [0.1, 0.15) is 34.5 Å². The van der Waals surface area contributed by atoms with Crippen molar-refractivity contribution in [3.05, 3.63) is 41.2 Å². The van der Waals surface area contributed by atoms with E-state index < -0.39 is 5.82 Å². The molecule has 0 spiro atoms. The summed E-state index contributed by atoms with van der Waals surface area (Å²) in [5.41, 5.74) is 1.38. The number of pyridine rings is 1. The van der Waals surface area contributed by atoms with Crippen molar-refractivity contribution in [2.24, 2.45) is 0 Å². The SMILES string of the molecule is Cc1ncnc(NC2CC(NC(=O)c3ccnc4c3CC(=O)N4)C2)c1F. The molecule has 0 radical (unpaired) electrons. The van der Waals surface area contributed by atoms with Crippen LogP contribution in [0.5, 0.6) is 0 Å². The first-order chi connectivity index (χ1) is 12.5. The molecule has 0 bridgehead atoms. The van der Waals surface area contributed by atoms with Crippen LogP contribution >= 0.6 is 0 Å². The minimum Gasteiger partial charge on any atom is -0.365 e. The van der Waals surface area contributed by atoms with Gasteiger partial charge in [0.25, 0.3) is 5.91 Å². The summed E-state index contributed by atoms with van der Waals surface area (Å²) in [5, 5.41) is 8.61. The summed E-state index contributed by atoms with van der Waals surface area (Å²) < 4.78 is 13.9. The van der Waals surface area contributed by atoms with Crippen molar-refractivity contribution in [1.82, 2.24) is 20.3 Å². The van der Waals surface area contributed by atoms with Crippen LogP contribution in [0.4, 0.5) is 16.0 Å². The van der Waals surface area contributed by atoms with E-state index in [1.807, 2.05) is 0 Å². The number of carbonyl (C=O) groups excluding carboxylic acids is 2. The molecule has 0 aromatic carbocycles. The van der Waals surface area contributed by atoms with Gasteiger partial charge in [-0.2, -0.15) is 0 Å². The van der Waals surface area contributed by atoms with Gasteiger partial charge in [0.05, 0.1) is 12.1 Å². The molecule has 2 aromatic rings. The Hall–Kier alpha value is -3.10. The molecule has 2 aromatic heterocycles. The minimum absolute atomic E-state index is 0.0140. The summed E-state index contributed by atoms with van der Waals surface area (Å²) in [6, 6.07) is 1.64. The van der Waals surface area contributed by atoms with Crippen molar-refractivity contribution in [3.63, 3.8) is 0 Å². The predicted molar refractivity (Wildman–Crippen MR) is 91.2 cm³/mol. The summed E-state index contributed by atoms with van der Waals surface area (Å²) in [7, 11) is 0. The average molecular weight is 356 g/mol. The number of aryl methyl sites for hydroxylation is 1. The molecule has 3 N–H and O–H groups in total. The maximum Gasteiger partial charge on any atom is 0.251 e. The molecule has 3 heterocycles. The zero-order valence-electron chi connectivity index (χ0n) is 14.0. The number of carbonyl (C=O) groups is 2. The second kappa shape index (κ2) is 6.32. The van der Waals surface area contributed by atoms with E-state index in [0.717, 1.165) is 0 Å². The molecule has 0 saturated heterocycles. The molecule has 1 aliphatic heterocycles. The molecule has 0 atom stereocenters. The number of nitrogens with zero attached hydrogens (tertiary/aromatic N) is 3. The molecule has 1 fully saturated rings. The number of rotatable bonds is 4. The highest BCUT2D eigenvalue weighted by Crippen LogP contribution is 2.27. The largest absolute Gasteiger partial charge is 0.365 e. The van der Waals surface area contributed by atoms with Gasteiger partial charge in [-0.25, -0.2) is 19.3 Å². The Morgan fingerprint density at radius 1 is 1.27 bits per heavy atom. The van der Waals surface area contributed by atoms with E-state index in [4.69, 9.17) is 0 Å². The van der Waals surface area contributed by atoms with Gasteiger partial charge in [0.1, 0.15) is 12.1 Å². The summed E-state index contributed by atoms with van der Waals surface area (Å²) >= 11 is 0. The third kappa shape index (κ3) is 2.96. The summed E-state index contributed by atoms with van der Waals surface area (Å²) in [4.78, 5) is 35.8. The van der Waals surface area contributed by atoms with Crippen molar-refractivity contribution >= 4 is 23.5 Å². The van der Waals surface area contributed by atoms with Crippen molar-refractivity contribution in [2.75, 3.05) is 10.6 Å². The molecule has 4 rings (SSSR count). The van der Waals surface area contributed by atoms with Gasteiger partial charge in [-0.3, -0.25) is 9.59 Å². The molecule has 26 heavy (non-hydrogen) atoms. The van der Waals surface area contributed by atoms with Crippen molar-refractivity contribution in [1.29, 1.82) is 0 Å². The normalized spacial score (nSPS) is 20.8. The summed E-state index contributed by atoms with van der Waals surface area (Å²) in [6.45, 7) is 1.58. The first-order valence-corrected chi connectivity index (χ1v) is 8.33. The maximum atomic E-state index is 13.9. The zero-order valence-corrected chi connectivity index (χ0v) is 14.0. The quantitative estimate of drug-likeness (QED) is 0.759. The summed E-state index contributed by atoms with van der Waals surface area (Å²) in [6.07, 6.45) is 4.31. The van der Waals surface area contributed by atoms with Crippen LogP contribution in [0.2, 0.25) is 0 Å². The molecular formula is C17H17FN6O2. The second-order valence-electron chi connectivity index (χ2n) is 6.52. The standard InChI is InChI=1S/C17H17FN6O2/c1-8-14(18)16(21-7-20-8)22-9-4-10(5-9)23-17(26)11-2-3-19-15-12(11)6-13(25)24-15/h2-3,7,9-10H,4-6H2,1H3,(H,23,26)(H,19,24,25)(H,20,21,22). The Kier molecular flexibility index (Phi) is 3.98. The van der Waals surface area contributed by atoms with Crippen LogP contribution in [0, 0.1) is 12.7 Å². The van der Waals surface area contributed by atoms with Crippen LogP contribution in [-0.2, 0) is 11.2 Å². The van der Waals surface area contributed by atoms with Gasteiger partial charge < -0.3 is 16.0 Å². The average Bonchev–Trinajstić information content (AvgIpc) is 2.96. The van der Waals surface area contributed by atoms with E-state index in [1.165, 1.54) is 12.5 Å². The highest BCUT2D eigenvalue weighted by atomic mass is 19.1. The lowest BCUT2D eigenvalue weighted by molar-refractivity contribution is -0.115. The van der Waals surface area contributed by atoms with Gasteiger partial charge in [0.15, 0.2) is 11.6 Å². The number of aromatic nitrogens is 3. The zero-order chi connectivity index (χ0) is 18.3. The first kappa shape index (κ1) is 16.4. The molecule has 2 amide bonds. The molecule has 0 unspecified atom stereocenters. The Bertz CT molecular complexity index is 897. The fourth-order valence-corrected chi connectivity index (χ4v) is 3.20. The van der Waals surface area contributed by atoms with Gasteiger partial charge in [0, 0.05) is 29.4 Å². The first-order valence-electron chi connectivity index (χ1n) is 8.33. The van der Waals surface area contributed by atoms with Gasteiger partial charge >= 0.3 is 0 Å². The number of amides is 2. The number of anilines is 2. The molecule has 1 saturated carbocycles. The maximum absolute atomic E-state index is 13.9. The highest BCUT2D eigenvalue weighted by molar-refractivity contribution is 6.04. The minimum atomic E-state index is -0.454. The van der Waals surface area contributed by atoms with Crippen LogP contribution in [0.3, 0.4) is 0 Å². The van der Waals surface area contributed by atoms with E-state index in [2.05, 4.69) is 30.9 Å². The van der Waals surface area contributed by atoms with Crippen LogP contribution in [-0.4, -0.2) is 38.8 Å². The lowest BCUT2D eigenvalue weighted by atomic mass is 9.86. The van der Waals surface area contributed by atoms with Crippen molar-refractivity contribution in [3.8, 4) is 0 Å². The molecular weight excluding hydrogens is 339 g/mol. The molecule has 1 aliphatic carbocycles. The lowest BCUT2D eigenvalue weighted by Crippen LogP contribution is -2.50. The summed E-state index contributed by atoms with van der Waals surface area (Å²) in [5.74, 6) is -0.214. The van der Waals surface area contributed by atoms with Crippen molar-refractivity contribution in [2.45, 2.75) is 38.3 Å². The third-order valence-electron chi connectivity index (χ3n) is 4.67. The lowest BCUT2D eigenvalue weighted by Gasteiger charge is -2.36. The van der Waals surface area contributed by atoms with E-state index in [1.54, 1.807) is 13.0 Å². The number of halogens is 1. The van der Waals surface area contributed by atoms with Crippen LogP contribution < -0.4 is 16.0 Å². The Morgan fingerprint density at radius 3 is 2.88 bits per heavy atom. The van der Waals surface area contributed by atoms with Crippen LogP contribution in [0.15, 0.2) is 18.6 Å².